The van der Waals surface area contributed by atoms with E-state index in [9.17, 15) is 9.90 Å². The maximum atomic E-state index is 11.3. The number of hydrogen-bond donors (Lipinski definition) is 1. The lowest BCUT2D eigenvalue weighted by Gasteiger charge is -2.20. The average Bonchev–Trinajstić information content (AvgIpc) is 2.63. The van der Waals surface area contributed by atoms with Crippen molar-refractivity contribution < 1.29 is 9.90 Å². The zero-order valence-corrected chi connectivity index (χ0v) is 21.2. The van der Waals surface area contributed by atoms with Gasteiger partial charge < -0.3 is 5.11 Å². The van der Waals surface area contributed by atoms with Gasteiger partial charge in [-0.2, -0.15) is 0 Å². The molecule has 0 heterocycles. The Hall–Kier alpha value is -1.31. The van der Waals surface area contributed by atoms with Gasteiger partial charge in [0.05, 0.1) is 5.41 Å². The maximum absolute atomic E-state index is 11.3. The molecule has 0 radical (unpaired) electrons. The summed E-state index contributed by atoms with van der Waals surface area (Å²) in [5.41, 5.74) is 7.30. The van der Waals surface area contributed by atoms with E-state index in [0.29, 0.717) is 5.41 Å². The Morgan fingerprint density at radius 3 is 1.90 bits per heavy atom. The van der Waals surface area contributed by atoms with Crippen molar-refractivity contribution in [3.8, 4) is 0 Å². The number of aliphatic carboxylic acids is 1. The van der Waals surface area contributed by atoms with Crippen LogP contribution >= 0.6 is 0 Å². The summed E-state index contributed by atoms with van der Waals surface area (Å²) in [6.07, 6.45) is 12.9. The molecule has 0 spiro atoms. The van der Waals surface area contributed by atoms with Crippen LogP contribution in [-0.4, -0.2) is 11.1 Å². The molecular weight excluding hydrogens is 368 g/mol. The van der Waals surface area contributed by atoms with Gasteiger partial charge in [-0.15, -0.1) is 0 Å². The second-order valence-corrected chi connectivity index (χ2v) is 11.3. The van der Waals surface area contributed by atoms with Gasteiger partial charge in [0.15, 0.2) is 0 Å². The minimum atomic E-state index is -0.683. The molecule has 1 aromatic rings. The molecule has 2 heteroatoms. The first-order valence-electron chi connectivity index (χ1n) is 12.2. The van der Waals surface area contributed by atoms with Crippen LogP contribution in [0, 0.1) is 31.6 Å². The molecule has 1 N–H and O–H groups in total. The molecule has 1 aromatic carbocycles. The molecule has 0 aliphatic carbocycles. The second-order valence-electron chi connectivity index (χ2n) is 11.3. The number of carbonyl (C=O) groups is 1. The lowest BCUT2D eigenvalue weighted by Crippen LogP contribution is -2.23. The van der Waals surface area contributed by atoms with Crippen LogP contribution in [0.1, 0.15) is 120 Å². The van der Waals surface area contributed by atoms with E-state index in [-0.39, 0.29) is 0 Å². The standard InChI is InChI=1S/C28H48O2/c1-21-20-24(16-12-9-10-14-18-27(4,5)6)25(23(3)22(21)2)17-13-11-15-19-28(7,8)26(29)30/h20H,9-19H2,1-8H3,(H,29,30). The zero-order chi connectivity index (χ0) is 22.9. The van der Waals surface area contributed by atoms with E-state index in [0.717, 1.165) is 32.1 Å². The van der Waals surface area contributed by atoms with Gasteiger partial charge in [0.25, 0.3) is 0 Å². The van der Waals surface area contributed by atoms with E-state index in [1.165, 1.54) is 55.2 Å². The fourth-order valence-electron chi connectivity index (χ4n) is 4.27. The van der Waals surface area contributed by atoms with Gasteiger partial charge in [0.1, 0.15) is 0 Å². The van der Waals surface area contributed by atoms with Crippen molar-refractivity contribution in [3.63, 3.8) is 0 Å². The predicted octanol–water partition coefficient (Wildman–Crippen LogP) is 8.36. The molecule has 0 atom stereocenters. The first-order valence-corrected chi connectivity index (χ1v) is 12.2. The van der Waals surface area contributed by atoms with Crippen LogP contribution in [0.3, 0.4) is 0 Å². The van der Waals surface area contributed by atoms with Crippen LogP contribution in [0.15, 0.2) is 6.07 Å². The molecule has 0 saturated carbocycles. The van der Waals surface area contributed by atoms with Gasteiger partial charge in [-0.3, -0.25) is 4.79 Å². The number of hydrogen-bond acceptors (Lipinski definition) is 1. The summed E-state index contributed by atoms with van der Waals surface area (Å²) in [5.74, 6) is -0.683. The molecular formula is C28H48O2. The smallest absolute Gasteiger partial charge is 0.309 e. The zero-order valence-electron chi connectivity index (χ0n) is 21.2. The Kier molecular flexibility index (Phi) is 10.6. The third kappa shape index (κ3) is 9.23. The summed E-state index contributed by atoms with van der Waals surface area (Å²) in [6, 6.07) is 2.43. The fourth-order valence-corrected chi connectivity index (χ4v) is 4.27. The minimum Gasteiger partial charge on any atom is -0.481 e. The highest BCUT2D eigenvalue weighted by atomic mass is 16.4. The maximum Gasteiger partial charge on any atom is 0.309 e. The molecule has 0 unspecified atom stereocenters. The van der Waals surface area contributed by atoms with Gasteiger partial charge in [0, 0.05) is 0 Å². The van der Waals surface area contributed by atoms with E-state index in [1.54, 1.807) is 11.1 Å². The molecule has 2 nitrogen and oxygen atoms in total. The molecule has 30 heavy (non-hydrogen) atoms. The van der Waals surface area contributed by atoms with Gasteiger partial charge >= 0.3 is 5.97 Å². The van der Waals surface area contributed by atoms with Gasteiger partial charge in [-0.1, -0.05) is 58.9 Å². The number of benzene rings is 1. The van der Waals surface area contributed by atoms with Crippen LogP contribution in [0.25, 0.3) is 0 Å². The highest BCUT2D eigenvalue weighted by Gasteiger charge is 2.26. The van der Waals surface area contributed by atoms with E-state index in [4.69, 9.17) is 0 Å². The van der Waals surface area contributed by atoms with E-state index in [1.807, 2.05) is 13.8 Å². The van der Waals surface area contributed by atoms with Crippen molar-refractivity contribution in [3.05, 3.63) is 33.9 Å². The molecule has 0 aliphatic rings. The average molecular weight is 417 g/mol. The molecule has 0 saturated heterocycles. The highest BCUT2D eigenvalue weighted by Crippen LogP contribution is 2.28. The summed E-state index contributed by atoms with van der Waals surface area (Å²) >= 11 is 0. The number of aryl methyl sites for hydroxylation is 2. The van der Waals surface area contributed by atoms with Crippen molar-refractivity contribution in [2.45, 2.75) is 126 Å². The van der Waals surface area contributed by atoms with Gasteiger partial charge in [-0.25, -0.2) is 0 Å². The van der Waals surface area contributed by atoms with E-state index >= 15 is 0 Å². The van der Waals surface area contributed by atoms with Crippen LogP contribution in [-0.2, 0) is 17.6 Å². The largest absolute Gasteiger partial charge is 0.481 e. The van der Waals surface area contributed by atoms with Crippen molar-refractivity contribution in [1.82, 2.24) is 0 Å². The van der Waals surface area contributed by atoms with Crippen LogP contribution < -0.4 is 0 Å². The number of carboxylic acids is 1. The lowest BCUT2D eigenvalue weighted by molar-refractivity contribution is -0.147. The Morgan fingerprint density at radius 2 is 1.30 bits per heavy atom. The summed E-state index contributed by atoms with van der Waals surface area (Å²) in [6.45, 7) is 17.5. The topological polar surface area (TPSA) is 37.3 Å². The third-order valence-corrected chi connectivity index (χ3v) is 6.82. The van der Waals surface area contributed by atoms with Gasteiger partial charge in [-0.05, 0) is 106 Å². The second kappa shape index (κ2) is 11.9. The van der Waals surface area contributed by atoms with Crippen molar-refractivity contribution in [2.75, 3.05) is 0 Å². The third-order valence-electron chi connectivity index (χ3n) is 6.82. The molecule has 172 valence electrons. The SMILES string of the molecule is Cc1cc(CCCCCCC(C)(C)C)c(CCCCCC(C)(C)C(=O)O)c(C)c1C. The first kappa shape index (κ1) is 26.7. The number of carboxylic acid groups (broad SMARTS) is 1. The quantitative estimate of drug-likeness (QED) is 0.328. The molecule has 0 aromatic heterocycles. The van der Waals surface area contributed by atoms with Crippen molar-refractivity contribution in [2.24, 2.45) is 10.8 Å². The Balaban J connectivity index is 2.59. The number of rotatable bonds is 13. The monoisotopic (exact) mass is 416 g/mol. The van der Waals surface area contributed by atoms with E-state index in [2.05, 4.69) is 47.6 Å². The normalized spacial score (nSPS) is 12.4. The molecule has 0 bridgehead atoms. The summed E-state index contributed by atoms with van der Waals surface area (Å²) < 4.78 is 0. The van der Waals surface area contributed by atoms with Crippen molar-refractivity contribution >= 4 is 5.97 Å². The van der Waals surface area contributed by atoms with Crippen LogP contribution in [0.4, 0.5) is 0 Å². The first-order chi connectivity index (χ1) is 13.8. The van der Waals surface area contributed by atoms with Crippen LogP contribution in [0.5, 0.6) is 0 Å². The van der Waals surface area contributed by atoms with Crippen molar-refractivity contribution in [1.29, 1.82) is 0 Å². The molecule has 0 aliphatic heterocycles. The summed E-state index contributed by atoms with van der Waals surface area (Å²) in [4.78, 5) is 11.3. The molecule has 1 rings (SSSR count). The fraction of sp³-hybridized carbons (Fsp3) is 0.750. The Bertz CT molecular complexity index is 677. The number of unbranched alkanes of at least 4 members (excludes halogenated alkanes) is 5. The summed E-state index contributed by atoms with van der Waals surface area (Å²) in [7, 11) is 0. The molecule has 0 amide bonds. The summed E-state index contributed by atoms with van der Waals surface area (Å²) in [5, 5.41) is 9.28. The van der Waals surface area contributed by atoms with E-state index < -0.39 is 11.4 Å². The Labute approximate surface area is 186 Å². The predicted molar refractivity (Wildman–Crippen MR) is 130 cm³/mol. The highest BCUT2D eigenvalue weighted by molar-refractivity contribution is 5.73. The Morgan fingerprint density at radius 1 is 0.767 bits per heavy atom. The lowest BCUT2D eigenvalue weighted by atomic mass is 9.85. The minimum absolute atomic E-state index is 0.456. The molecule has 0 fully saturated rings. The van der Waals surface area contributed by atoms with Gasteiger partial charge in [0.2, 0.25) is 0 Å². The van der Waals surface area contributed by atoms with Crippen LogP contribution in [0.2, 0.25) is 0 Å².